The second kappa shape index (κ2) is 7.99. The summed E-state index contributed by atoms with van der Waals surface area (Å²) in [5.74, 6) is 1.19. The van der Waals surface area contributed by atoms with Gasteiger partial charge in [-0.3, -0.25) is 0 Å². The first-order valence-electron chi connectivity index (χ1n) is 10.4. The van der Waals surface area contributed by atoms with Crippen LogP contribution in [0.25, 0.3) is 0 Å². The first-order valence-corrected chi connectivity index (χ1v) is 10.4. The van der Waals surface area contributed by atoms with E-state index in [-0.39, 0.29) is 6.09 Å². The average molecular weight is 374 g/mol. The fourth-order valence-corrected chi connectivity index (χ4v) is 4.24. The van der Waals surface area contributed by atoms with Crippen molar-refractivity contribution in [2.24, 2.45) is 5.92 Å². The highest BCUT2D eigenvalue weighted by Crippen LogP contribution is 2.34. The van der Waals surface area contributed by atoms with Gasteiger partial charge in [0.25, 0.3) is 0 Å². The van der Waals surface area contributed by atoms with Crippen LogP contribution >= 0.6 is 0 Å². The summed E-state index contributed by atoms with van der Waals surface area (Å²) >= 11 is 0. The summed E-state index contributed by atoms with van der Waals surface area (Å²) in [7, 11) is 0. The van der Waals surface area contributed by atoms with E-state index in [1.807, 2.05) is 25.7 Å². The number of rotatable bonds is 2. The average Bonchev–Trinajstić information content (AvgIpc) is 2.60. The number of benzene rings is 1. The molecule has 2 saturated heterocycles. The number of anilines is 2. The molecule has 1 unspecified atom stereocenters. The van der Waals surface area contributed by atoms with Crippen LogP contribution in [0.4, 0.5) is 16.2 Å². The van der Waals surface area contributed by atoms with Crippen LogP contribution in [0.2, 0.25) is 0 Å². The lowest BCUT2D eigenvalue weighted by atomic mass is 9.89. The molecule has 150 valence electrons. The second-order valence-corrected chi connectivity index (χ2v) is 9.25. The molecule has 2 N–H and O–H groups in total. The minimum absolute atomic E-state index is 0.199. The van der Waals surface area contributed by atoms with Crippen molar-refractivity contribution in [3.8, 4) is 0 Å². The molecule has 0 radical (unpaired) electrons. The van der Waals surface area contributed by atoms with Gasteiger partial charge in [-0.25, -0.2) is 4.79 Å². The second-order valence-electron chi connectivity index (χ2n) is 9.25. The van der Waals surface area contributed by atoms with E-state index in [1.165, 1.54) is 24.1 Å². The van der Waals surface area contributed by atoms with Gasteiger partial charge in [-0.2, -0.15) is 0 Å². The van der Waals surface area contributed by atoms with Crippen molar-refractivity contribution < 1.29 is 9.53 Å². The standard InChI is InChI=1S/C22H35N3O2/c1-16-6-5-11-25(15-16)20-8-7-18(14-19(20)23)17-9-12-24(13-10-17)21(26)27-22(2,3)4/h7-8,14,16-17H,5-6,9-13,15,23H2,1-4H3. The van der Waals surface area contributed by atoms with Crippen LogP contribution < -0.4 is 10.6 Å². The highest BCUT2D eigenvalue weighted by molar-refractivity contribution is 5.69. The van der Waals surface area contributed by atoms with Gasteiger partial charge in [0.1, 0.15) is 5.60 Å². The molecule has 1 aromatic rings. The number of ether oxygens (including phenoxy) is 1. The Bertz CT molecular complexity index is 660. The molecule has 2 heterocycles. The van der Waals surface area contributed by atoms with Gasteiger partial charge in [0.15, 0.2) is 0 Å². The van der Waals surface area contributed by atoms with E-state index in [4.69, 9.17) is 10.5 Å². The summed E-state index contributed by atoms with van der Waals surface area (Å²) in [6.45, 7) is 11.7. The Morgan fingerprint density at radius 1 is 1.15 bits per heavy atom. The number of carbonyl (C=O) groups excluding carboxylic acids is 1. The maximum Gasteiger partial charge on any atom is 0.410 e. The third-order valence-electron chi connectivity index (χ3n) is 5.67. The van der Waals surface area contributed by atoms with Gasteiger partial charge >= 0.3 is 6.09 Å². The third-order valence-corrected chi connectivity index (χ3v) is 5.67. The monoisotopic (exact) mass is 373 g/mol. The Hall–Kier alpha value is -1.91. The number of carbonyl (C=O) groups is 1. The fourth-order valence-electron chi connectivity index (χ4n) is 4.24. The summed E-state index contributed by atoms with van der Waals surface area (Å²) in [6.07, 6.45) is 4.27. The number of likely N-dealkylation sites (tertiary alicyclic amines) is 1. The maximum absolute atomic E-state index is 12.2. The van der Waals surface area contributed by atoms with Gasteiger partial charge in [-0.1, -0.05) is 13.0 Å². The molecule has 0 saturated carbocycles. The summed E-state index contributed by atoms with van der Waals surface area (Å²) < 4.78 is 5.49. The van der Waals surface area contributed by atoms with Crippen LogP contribution in [0.3, 0.4) is 0 Å². The molecule has 1 amide bonds. The number of piperidine rings is 2. The number of hydrogen-bond acceptors (Lipinski definition) is 4. The van der Waals surface area contributed by atoms with Gasteiger partial charge in [0, 0.05) is 26.2 Å². The first-order chi connectivity index (χ1) is 12.7. The van der Waals surface area contributed by atoms with E-state index in [0.29, 0.717) is 5.92 Å². The lowest BCUT2D eigenvalue weighted by molar-refractivity contribution is 0.0205. The van der Waals surface area contributed by atoms with E-state index in [2.05, 4.69) is 30.0 Å². The van der Waals surface area contributed by atoms with Gasteiger partial charge in [0.2, 0.25) is 0 Å². The molecule has 2 aliphatic heterocycles. The highest BCUT2D eigenvalue weighted by Gasteiger charge is 2.28. The van der Waals surface area contributed by atoms with Gasteiger partial charge in [-0.05, 0) is 76.0 Å². The van der Waals surface area contributed by atoms with Crippen molar-refractivity contribution in [1.82, 2.24) is 4.90 Å². The predicted molar refractivity (Wildman–Crippen MR) is 111 cm³/mol. The van der Waals surface area contributed by atoms with Crippen LogP contribution in [0, 0.1) is 5.92 Å². The molecule has 0 bridgehead atoms. The smallest absolute Gasteiger partial charge is 0.410 e. The van der Waals surface area contributed by atoms with Crippen molar-refractivity contribution >= 4 is 17.5 Å². The number of nitrogen functional groups attached to an aromatic ring is 1. The van der Waals surface area contributed by atoms with E-state index in [9.17, 15) is 4.79 Å². The zero-order valence-corrected chi connectivity index (χ0v) is 17.3. The van der Waals surface area contributed by atoms with Crippen LogP contribution in [-0.2, 0) is 4.74 Å². The molecule has 27 heavy (non-hydrogen) atoms. The van der Waals surface area contributed by atoms with Crippen molar-refractivity contribution in [1.29, 1.82) is 0 Å². The molecule has 2 fully saturated rings. The molecule has 0 spiro atoms. The Morgan fingerprint density at radius 2 is 1.85 bits per heavy atom. The molecule has 5 nitrogen and oxygen atoms in total. The number of amides is 1. The molecule has 5 heteroatoms. The molecule has 1 atom stereocenters. The van der Waals surface area contributed by atoms with Crippen LogP contribution in [0.5, 0.6) is 0 Å². The van der Waals surface area contributed by atoms with Crippen LogP contribution in [0.15, 0.2) is 18.2 Å². The zero-order chi connectivity index (χ0) is 19.6. The number of hydrogen-bond donors (Lipinski definition) is 1. The van der Waals surface area contributed by atoms with E-state index in [0.717, 1.165) is 50.6 Å². The molecular weight excluding hydrogens is 338 g/mol. The largest absolute Gasteiger partial charge is 0.444 e. The third kappa shape index (κ3) is 5.08. The van der Waals surface area contributed by atoms with Gasteiger partial charge in [0.05, 0.1) is 11.4 Å². The SMILES string of the molecule is CC1CCCN(c2ccc(C3CCN(C(=O)OC(C)(C)C)CC3)cc2N)C1. The number of nitrogens with two attached hydrogens (primary N) is 1. The van der Waals surface area contributed by atoms with Gasteiger partial charge < -0.3 is 20.3 Å². The molecular formula is C22H35N3O2. The summed E-state index contributed by atoms with van der Waals surface area (Å²) in [6, 6.07) is 6.59. The minimum atomic E-state index is -0.440. The molecule has 2 aliphatic rings. The van der Waals surface area contributed by atoms with E-state index in [1.54, 1.807) is 0 Å². The van der Waals surface area contributed by atoms with Crippen molar-refractivity contribution in [2.75, 3.05) is 36.8 Å². The topological polar surface area (TPSA) is 58.8 Å². The van der Waals surface area contributed by atoms with Gasteiger partial charge in [-0.15, -0.1) is 0 Å². The van der Waals surface area contributed by atoms with Crippen molar-refractivity contribution in [2.45, 2.75) is 64.9 Å². The van der Waals surface area contributed by atoms with Crippen molar-refractivity contribution in [3.05, 3.63) is 23.8 Å². The quantitative estimate of drug-likeness (QED) is 0.769. The summed E-state index contributed by atoms with van der Waals surface area (Å²) in [4.78, 5) is 16.5. The normalized spacial score (nSPS) is 22.0. The summed E-state index contributed by atoms with van der Waals surface area (Å²) in [5, 5.41) is 0. The number of nitrogens with zero attached hydrogens (tertiary/aromatic N) is 2. The van der Waals surface area contributed by atoms with Crippen molar-refractivity contribution in [3.63, 3.8) is 0 Å². The highest BCUT2D eigenvalue weighted by atomic mass is 16.6. The zero-order valence-electron chi connectivity index (χ0n) is 17.3. The lowest BCUT2D eigenvalue weighted by Gasteiger charge is -2.35. The lowest BCUT2D eigenvalue weighted by Crippen LogP contribution is -2.41. The molecule has 0 aromatic heterocycles. The van der Waals surface area contributed by atoms with E-state index >= 15 is 0 Å². The fraction of sp³-hybridized carbons (Fsp3) is 0.682. The Morgan fingerprint density at radius 3 is 2.44 bits per heavy atom. The predicted octanol–water partition coefficient (Wildman–Crippen LogP) is 4.62. The van der Waals surface area contributed by atoms with Crippen LogP contribution in [0.1, 0.15) is 64.9 Å². The Labute approximate surface area is 163 Å². The first kappa shape index (κ1) is 19.8. The van der Waals surface area contributed by atoms with Crippen LogP contribution in [-0.4, -0.2) is 42.8 Å². The Kier molecular flexibility index (Phi) is 5.87. The maximum atomic E-state index is 12.2. The molecule has 3 rings (SSSR count). The summed E-state index contributed by atoms with van der Waals surface area (Å²) in [5.41, 5.74) is 9.34. The Balaban J connectivity index is 1.60. The minimum Gasteiger partial charge on any atom is -0.444 e. The molecule has 0 aliphatic carbocycles. The molecule has 1 aromatic carbocycles. The van der Waals surface area contributed by atoms with E-state index < -0.39 is 5.60 Å².